The summed E-state index contributed by atoms with van der Waals surface area (Å²) in [5.41, 5.74) is 9.42. The second kappa shape index (κ2) is 10.5. The van der Waals surface area contributed by atoms with Gasteiger partial charge >= 0.3 is 0 Å². The first-order chi connectivity index (χ1) is 16.2. The summed E-state index contributed by atoms with van der Waals surface area (Å²) in [6, 6.07) is 1.61. The van der Waals surface area contributed by atoms with E-state index < -0.39 is 0 Å². The number of ketones is 1. The molecule has 0 radical (unpaired) electrons. The van der Waals surface area contributed by atoms with Gasteiger partial charge in [-0.2, -0.15) is 0 Å². The zero-order valence-corrected chi connectivity index (χ0v) is 21.7. The molecule has 0 bridgehead atoms. The van der Waals surface area contributed by atoms with Crippen molar-refractivity contribution in [3.8, 4) is 0 Å². The molecule has 1 aliphatic carbocycles. The third-order valence-electron chi connectivity index (χ3n) is 6.33. The van der Waals surface area contributed by atoms with Crippen molar-refractivity contribution in [2.24, 2.45) is 0 Å². The largest absolute Gasteiger partial charge is 0.496 e. The van der Waals surface area contributed by atoms with Crippen LogP contribution in [0.5, 0.6) is 0 Å². The van der Waals surface area contributed by atoms with Gasteiger partial charge in [0, 0.05) is 34.4 Å². The van der Waals surface area contributed by atoms with Crippen LogP contribution in [0.3, 0.4) is 0 Å². The van der Waals surface area contributed by atoms with Crippen LogP contribution in [-0.2, 0) is 28.9 Å². The highest BCUT2D eigenvalue weighted by atomic mass is 19.1. The topological polar surface area (TPSA) is 42.4 Å². The van der Waals surface area contributed by atoms with E-state index in [1.165, 1.54) is 36.8 Å². The van der Waals surface area contributed by atoms with Crippen LogP contribution in [0, 0.1) is 12.7 Å². The Balaban J connectivity index is 0.000000413. The quantitative estimate of drug-likeness (QED) is 0.472. The maximum Gasteiger partial charge on any atom is 0.128 e. The number of Topliss-reactive ketones (excluding diaryl/α,β-unsaturated/α-hetero) is 1. The van der Waals surface area contributed by atoms with Crippen molar-refractivity contribution in [1.29, 1.82) is 0 Å². The molecular weight excluding hydrogens is 427 g/mol. The third-order valence-corrected chi connectivity index (χ3v) is 6.33. The summed E-state index contributed by atoms with van der Waals surface area (Å²) < 4.78 is 20.1. The summed E-state index contributed by atoms with van der Waals surface area (Å²) in [5.74, 6) is 0.869. The van der Waals surface area contributed by atoms with Gasteiger partial charge in [0.25, 0.3) is 0 Å². The molecule has 0 amide bonds. The standard InChI is InChI=1S/C23H23FN2O.C3H6O.C3H8/c1-5-14-13(3)26-11-17-16-8-6-7-15-12(2)18(24)9-19(22(15)16)25-23(17)20(26)10-21(14)27-4;1-3(2)4;1-3-2/h9-10H,3,5-8,11H2,1-2,4H3;1-2H3;3H2,1-2H3. The van der Waals surface area contributed by atoms with Crippen molar-refractivity contribution >= 4 is 22.4 Å². The van der Waals surface area contributed by atoms with Crippen molar-refractivity contribution in [1.82, 2.24) is 9.88 Å². The molecule has 0 fully saturated rings. The smallest absolute Gasteiger partial charge is 0.128 e. The van der Waals surface area contributed by atoms with Crippen LogP contribution >= 0.6 is 0 Å². The molecular formula is C29H37FN2O2. The van der Waals surface area contributed by atoms with Gasteiger partial charge in [-0.15, -0.1) is 0 Å². The number of nitrogens with zero attached hydrogens (tertiary/aromatic N) is 2. The Morgan fingerprint density at radius 1 is 1.18 bits per heavy atom. The molecule has 5 rings (SSSR count). The lowest BCUT2D eigenvalue weighted by atomic mass is 9.85. The Bertz CT molecular complexity index is 1200. The molecule has 1 aromatic carbocycles. The van der Waals surface area contributed by atoms with Crippen molar-refractivity contribution in [2.45, 2.75) is 80.2 Å². The molecule has 2 aliphatic heterocycles. The maximum absolute atomic E-state index is 14.5. The Hall–Kier alpha value is -2.95. The van der Waals surface area contributed by atoms with E-state index in [0.717, 1.165) is 77.3 Å². The fraction of sp³-hybridized carbons (Fsp3) is 0.448. The van der Waals surface area contributed by atoms with Gasteiger partial charge in [0.05, 0.1) is 30.6 Å². The van der Waals surface area contributed by atoms with Crippen molar-refractivity contribution in [2.75, 3.05) is 7.11 Å². The number of fused-ring (bicyclic) bond motifs is 4. The molecule has 0 saturated heterocycles. The van der Waals surface area contributed by atoms with Crippen molar-refractivity contribution in [3.05, 3.63) is 69.5 Å². The average Bonchev–Trinajstić information content (AvgIpc) is 3.16. The molecule has 3 heterocycles. The van der Waals surface area contributed by atoms with E-state index in [9.17, 15) is 9.18 Å². The number of carbonyl (C=O) groups excluding carboxylic acids is 1. The number of hydrogen-bond acceptors (Lipinski definition) is 4. The van der Waals surface area contributed by atoms with E-state index in [1.807, 2.05) is 6.92 Å². The van der Waals surface area contributed by atoms with E-state index in [1.54, 1.807) is 13.2 Å². The first-order valence-corrected chi connectivity index (χ1v) is 12.3. The number of aryl methyl sites for hydroxylation is 2. The Morgan fingerprint density at radius 2 is 1.79 bits per heavy atom. The van der Waals surface area contributed by atoms with Gasteiger partial charge in [-0.05, 0) is 63.1 Å². The number of aromatic nitrogens is 1. The summed E-state index contributed by atoms with van der Waals surface area (Å²) in [7, 11) is 1.70. The molecule has 1 aromatic heterocycles. The molecule has 3 aliphatic rings. The number of pyridine rings is 1. The van der Waals surface area contributed by atoms with Gasteiger partial charge in [0.1, 0.15) is 17.4 Å². The molecule has 0 spiro atoms. The normalized spacial score (nSPS) is 15.6. The van der Waals surface area contributed by atoms with Gasteiger partial charge in [-0.3, -0.25) is 0 Å². The van der Waals surface area contributed by atoms with Gasteiger partial charge < -0.3 is 14.4 Å². The zero-order valence-electron chi connectivity index (χ0n) is 21.7. The second-order valence-corrected chi connectivity index (χ2v) is 9.21. The van der Waals surface area contributed by atoms with E-state index >= 15 is 0 Å². The summed E-state index contributed by atoms with van der Waals surface area (Å²) in [5, 5.41) is 1.18. The highest BCUT2D eigenvalue weighted by Crippen LogP contribution is 2.46. The molecule has 0 atom stereocenters. The summed E-state index contributed by atoms with van der Waals surface area (Å²) >= 11 is 0. The number of rotatable bonds is 2. The number of methoxy groups -OCH3 is 1. The zero-order chi connectivity index (χ0) is 25.2. The highest BCUT2D eigenvalue weighted by molar-refractivity contribution is 5.92. The van der Waals surface area contributed by atoms with Crippen LogP contribution in [0.25, 0.3) is 16.6 Å². The highest BCUT2D eigenvalue weighted by Gasteiger charge is 2.36. The minimum Gasteiger partial charge on any atom is -0.496 e. The van der Waals surface area contributed by atoms with E-state index in [4.69, 9.17) is 9.72 Å². The van der Waals surface area contributed by atoms with E-state index in [0.29, 0.717) is 0 Å². The minimum absolute atomic E-state index is 0.152. The maximum atomic E-state index is 14.5. The van der Waals surface area contributed by atoms with Gasteiger partial charge in [0.15, 0.2) is 0 Å². The Kier molecular flexibility index (Phi) is 7.96. The van der Waals surface area contributed by atoms with Crippen LogP contribution in [0.2, 0.25) is 0 Å². The third kappa shape index (κ3) is 4.53. The first-order valence-electron chi connectivity index (χ1n) is 12.3. The summed E-state index contributed by atoms with van der Waals surface area (Å²) in [4.78, 5) is 16.6. The summed E-state index contributed by atoms with van der Waals surface area (Å²) in [6.07, 6.45) is 7.21. The average molecular weight is 465 g/mol. The number of hydrogen-bond donors (Lipinski definition) is 0. The lowest BCUT2D eigenvalue weighted by molar-refractivity contribution is -0.114. The lowest BCUT2D eigenvalue weighted by Gasteiger charge is -2.29. The minimum atomic E-state index is -0.152. The van der Waals surface area contributed by atoms with Gasteiger partial charge in [-0.1, -0.05) is 33.8 Å². The molecule has 2 aromatic rings. The molecule has 5 heteroatoms. The van der Waals surface area contributed by atoms with Crippen LogP contribution < -0.4 is 0 Å². The van der Waals surface area contributed by atoms with Crippen molar-refractivity contribution < 1.29 is 13.9 Å². The predicted octanol–water partition coefficient (Wildman–Crippen LogP) is 7.18. The fourth-order valence-corrected chi connectivity index (χ4v) is 4.94. The van der Waals surface area contributed by atoms with E-state index in [-0.39, 0.29) is 11.6 Å². The van der Waals surface area contributed by atoms with Crippen LogP contribution in [0.4, 0.5) is 4.39 Å². The summed E-state index contributed by atoms with van der Waals surface area (Å²) in [6.45, 7) is 16.4. The molecule has 0 saturated carbocycles. The van der Waals surface area contributed by atoms with Crippen LogP contribution in [0.1, 0.15) is 81.8 Å². The Labute approximate surface area is 203 Å². The van der Waals surface area contributed by atoms with Crippen LogP contribution in [-0.4, -0.2) is 22.8 Å². The van der Waals surface area contributed by atoms with Crippen LogP contribution in [0.15, 0.2) is 35.8 Å². The monoisotopic (exact) mass is 464 g/mol. The number of benzene rings is 1. The number of halogens is 1. The number of allylic oxidation sites excluding steroid dienone is 2. The number of ether oxygens (including phenoxy) is 1. The number of carbonyl (C=O) groups is 1. The lowest BCUT2D eigenvalue weighted by Crippen LogP contribution is -2.20. The molecule has 4 nitrogen and oxygen atoms in total. The Morgan fingerprint density at radius 3 is 2.38 bits per heavy atom. The predicted molar refractivity (Wildman–Crippen MR) is 138 cm³/mol. The molecule has 182 valence electrons. The fourth-order valence-electron chi connectivity index (χ4n) is 4.94. The molecule has 0 unspecified atom stereocenters. The SMILES string of the molecule is C=C1C(CC)=C(OC)C=C2c3nc4cc(F)c(C)c5c4c(c3CN12)CCC5.CC(C)=O.CCC. The van der Waals surface area contributed by atoms with E-state index in [2.05, 4.69) is 38.3 Å². The molecule has 34 heavy (non-hydrogen) atoms. The second-order valence-electron chi connectivity index (χ2n) is 9.21. The van der Waals surface area contributed by atoms with Gasteiger partial charge in [0.2, 0.25) is 0 Å². The molecule has 0 N–H and O–H groups in total. The van der Waals surface area contributed by atoms with Crippen molar-refractivity contribution in [3.63, 3.8) is 0 Å². The first kappa shape index (κ1) is 25.7. The van der Waals surface area contributed by atoms with Gasteiger partial charge in [-0.25, -0.2) is 9.37 Å².